The summed E-state index contributed by atoms with van der Waals surface area (Å²) >= 11 is 13.8. The van der Waals surface area contributed by atoms with Gasteiger partial charge in [0.1, 0.15) is 11.9 Å². The van der Waals surface area contributed by atoms with E-state index in [9.17, 15) is 0 Å². The third kappa shape index (κ3) is 2.63. The number of benzene rings is 2. The van der Waals surface area contributed by atoms with E-state index in [1.54, 1.807) is 0 Å². The average molecular weight is 417 g/mol. The predicted octanol–water partition coefficient (Wildman–Crippen LogP) is 5.80. The summed E-state index contributed by atoms with van der Waals surface area (Å²) in [7, 11) is 0. The van der Waals surface area contributed by atoms with Gasteiger partial charge in [-0.1, -0.05) is 50.1 Å². The molecule has 0 aromatic heterocycles. The standard InChI is InChI=1S/C16H13Br2ClO/c1-9-6-13(18)11(8-12(9)17)16(19)15-7-10-4-2-3-5-14(10)20-15/h2-6,8,15-16H,7H2,1H3. The molecule has 0 saturated carbocycles. The number of aryl methyl sites for hydroxylation is 1. The summed E-state index contributed by atoms with van der Waals surface area (Å²) in [6.45, 7) is 2.06. The molecular formula is C16H13Br2ClO. The number of para-hydroxylation sites is 1. The van der Waals surface area contributed by atoms with Crippen LogP contribution in [-0.4, -0.2) is 6.10 Å². The van der Waals surface area contributed by atoms with Gasteiger partial charge in [0.15, 0.2) is 0 Å². The molecule has 104 valence electrons. The first-order valence-corrected chi connectivity index (χ1v) is 8.42. The van der Waals surface area contributed by atoms with Crippen molar-refractivity contribution in [3.05, 3.63) is 62.0 Å². The lowest BCUT2D eigenvalue weighted by atomic mass is 10.0. The van der Waals surface area contributed by atoms with Crippen molar-refractivity contribution in [3.63, 3.8) is 0 Å². The highest BCUT2D eigenvalue weighted by Crippen LogP contribution is 2.40. The number of fused-ring (bicyclic) bond motifs is 1. The van der Waals surface area contributed by atoms with Crippen LogP contribution in [0.3, 0.4) is 0 Å². The fourth-order valence-corrected chi connectivity index (χ4v) is 3.96. The maximum Gasteiger partial charge on any atom is 0.123 e. The Balaban J connectivity index is 1.88. The summed E-state index contributed by atoms with van der Waals surface area (Å²) in [6.07, 6.45) is 0.822. The van der Waals surface area contributed by atoms with E-state index in [1.807, 2.05) is 18.2 Å². The van der Waals surface area contributed by atoms with Crippen LogP contribution in [0.1, 0.15) is 22.1 Å². The minimum atomic E-state index is -0.186. The zero-order valence-corrected chi connectivity index (χ0v) is 14.8. The topological polar surface area (TPSA) is 9.23 Å². The highest BCUT2D eigenvalue weighted by atomic mass is 79.9. The smallest absolute Gasteiger partial charge is 0.123 e. The maximum absolute atomic E-state index is 6.66. The molecule has 0 N–H and O–H groups in total. The number of rotatable bonds is 2. The van der Waals surface area contributed by atoms with E-state index < -0.39 is 0 Å². The van der Waals surface area contributed by atoms with Crippen LogP contribution in [0.25, 0.3) is 0 Å². The molecule has 4 heteroatoms. The monoisotopic (exact) mass is 414 g/mol. The van der Waals surface area contributed by atoms with Crippen LogP contribution < -0.4 is 4.74 Å². The molecule has 2 atom stereocenters. The summed E-state index contributed by atoms with van der Waals surface area (Å²) in [5.74, 6) is 0.949. The van der Waals surface area contributed by atoms with E-state index >= 15 is 0 Å². The first-order valence-electron chi connectivity index (χ1n) is 6.40. The number of alkyl halides is 1. The Bertz CT molecular complexity index is 632. The number of ether oxygens (including phenoxy) is 1. The molecule has 0 bridgehead atoms. The van der Waals surface area contributed by atoms with E-state index in [0.29, 0.717) is 0 Å². The molecule has 2 aromatic rings. The van der Waals surface area contributed by atoms with Crippen LogP contribution in [0, 0.1) is 6.92 Å². The number of hydrogen-bond donors (Lipinski definition) is 0. The van der Waals surface area contributed by atoms with Gasteiger partial charge >= 0.3 is 0 Å². The van der Waals surface area contributed by atoms with Crippen molar-refractivity contribution in [1.29, 1.82) is 0 Å². The van der Waals surface area contributed by atoms with Crippen molar-refractivity contribution in [2.45, 2.75) is 24.8 Å². The van der Waals surface area contributed by atoms with Crippen LogP contribution in [0.4, 0.5) is 0 Å². The van der Waals surface area contributed by atoms with Crippen LogP contribution in [0.15, 0.2) is 45.3 Å². The Kier molecular flexibility index (Phi) is 4.11. The molecule has 0 radical (unpaired) electrons. The van der Waals surface area contributed by atoms with Crippen molar-refractivity contribution < 1.29 is 4.74 Å². The van der Waals surface area contributed by atoms with E-state index in [-0.39, 0.29) is 11.5 Å². The highest BCUT2D eigenvalue weighted by molar-refractivity contribution is 9.11. The Morgan fingerprint density at radius 3 is 2.70 bits per heavy atom. The minimum absolute atomic E-state index is 0.0278. The summed E-state index contributed by atoms with van der Waals surface area (Å²) < 4.78 is 8.07. The lowest BCUT2D eigenvalue weighted by Gasteiger charge is -2.19. The van der Waals surface area contributed by atoms with Crippen molar-refractivity contribution in [1.82, 2.24) is 0 Å². The fourth-order valence-electron chi connectivity index (χ4n) is 2.45. The number of halogens is 3. The van der Waals surface area contributed by atoms with Crippen LogP contribution in [0.2, 0.25) is 0 Å². The summed E-state index contributed by atoms with van der Waals surface area (Å²) in [6, 6.07) is 12.3. The lowest BCUT2D eigenvalue weighted by Crippen LogP contribution is -2.19. The molecule has 0 fully saturated rings. The molecule has 1 nitrogen and oxygen atoms in total. The van der Waals surface area contributed by atoms with Crippen molar-refractivity contribution in [2.75, 3.05) is 0 Å². The van der Waals surface area contributed by atoms with Gasteiger partial charge in [-0.3, -0.25) is 0 Å². The zero-order chi connectivity index (χ0) is 14.3. The molecule has 0 spiro atoms. The molecule has 0 aliphatic carbocycles. The molecule has 2 aromatic carbocycles. The Morgan fingerprint density at radius 2 is 1.95 bits per heavy atom. The van der Waals surface area contributed by atoms with Crippen molar-refractivity contribution in [2.24, 2.45) is 0 Å². The van der Waals surface area contributed by atoms with Gasteiger partial charge in [0.25, 0.3) is 0 Å². The molecule has 0 amide bonds. The molecule has 1 heterocycles. The molecule has 20 heavy (non-hydrogen) atoms. The Labute approximate surface area is 140 Å². The summed E-state index contributed by atoms with van der Waals surface area (Å²) in [5.41, 5.74) is 3.47. The van der Waals surface area contributed by atoms with E-state index in [0.717, 1.165) is 26.7 Å². The zero-order valence-electron chi connectivity index (χ0n) is 10.9. The normalized spacial score (nSPS) is 18.5. The predicted molar refractivity (Wildman–Crippen MR) is 89.7 cm³/mol. The second kappa shape index (κ2) is 5.70. The van der Waals surface area contributed by atoms with Gasteiger partial charge in [-0.2, -0.15) is 0 Å². The first kappa shape index (κ1) is 14.4. The Hall–Kier alpha value is -0.510. The Morgan fingerprint density at radius 1 is 1.20 bits per heavy atom. The van der Waals surface area contributed by atoms with Crippen molar-refractivity contribution >= 4 is 43.5 Å². The van der Waals surface area contributed by atoms with Crippen LogP contribution in [-0.2, 0) is 6.42 Å². The molecule has 3 rings (SSSR count). The van der Waals surface area contributed by atoms with Crippen molar-refractivity contribution in [3.8, 4) is 5.75 Å². The number of hydrogen-bond acceptors (Lipinski definition) is 1. The SMILES string of the molecule is Cc1cc(Br)c(C(Cl)C2Cc3ccccc3O2)cc1Br. The van der Waals surface area contributed by atoms with Gasteiger partial charge in [0, 0.05) is 15.4 Å². The highest BCUT2D eigenvalue weighted by Gasteiger charge is 2.31. The molecular weight excluding hydrogens is 403 g/mol. The van der Waals surface area contributed by atoms with Gasteiger partial charge in [-0.05, 0) is 41.8 Å². The van der Waals surface area contributed by atoms with E-state index in [1.165, 1.54) is 11.1 Å². The largest absolute Gasteiger partial charge is 0.488 e. The fraction of sp³-hybridized carbons (Fsp3) is 0.250. The van der Waals surface area contributed by atoms with Gasteiger partial charge in [-0.25, -0.2) is 0 Å². The second-order valence-electron chi connectivity index (χ2n) is 4.99. The minimum Gasteiger partial charge on any atom is -0.488 e. The average Bonchev–Trinajstić information content (AvgIpc) is 2.86. The van der Waals surface area contributed by atoms with Gasteiger partial charge < -0.3 is 4.74 Å². The maximum atomic E-state index is 6.66. The van der Waals surface area contributed by atoms with E-state index in [2.05, 4.69) is 57.0 Å². The summed E-state index contributed by atoms with van der Waals surface area (Å²) in [5, 5.41) is -0.186. The van der Waals surface area contributed by atoms with E-state index in [4.69, 9.17) is 16.3 Å². The second-order valence-corrected chi connectivity index (χ2v) is 7.17. The third-order valence-electron chi connectivity index (χ3n) is 3.57. The van der Waals surface area contributed by atoms with Gasteiger partial charge in [0.2, 0.25) is 0 Å². The third-order valence-corrected chi connectivity index (χ3v) is 5.63. The first-order chi connectivity index (χ1) is 9.56. The molecule has 1 aliphatic heterocycles. The lowest BCUT2D eigenvalue weighted by molar-refractivity contribution is 0.227. The molecule has 1 aliphatic rings. The summed E-state index contributed by atoms with van der Waals surface area (Å²) in [4.78, 5) is 0. The molecule has 2 unspecified atom stereocenters. The quantitative estimate of drug-likeness (QED) is 0.562. The van der Waals surface area contributed by atoms with Crippen LogP contribution in [0.5, 0.6) is 5.75 Å². The molecule has 0 saturated heterocycles. The van der Waals surface area contributed by atoms with Gasteiger partial charge in [-0.15, -0.1) is 11.6 Å². The van der Waals surface area contributed by atoms with Gasteiger partial charge in [0.05, 0.1) is 5.38 Å². The van der Waals surface area contributed by atoms with Crippen LogP contribution >= 0.6 is 43.5 Å².